The zero-order valence-corrected chi connectivity index (χ0v) is 13.4. The summed E-state index contributed by atoms with van der Waals surface area (Å²) in [6.45, 7) is 9.67. The van der Waals surface area contributed by atoms with Crippen molar-refractivity contribution >= 4 is 17.7 Å². The lowest BCUT2D eigenvalue weighted by Crippen LogP contribution is -2.34. The van der Waals surface area contributed by atoms with E-state index in [0.29, 0.717) is 18.8 Å². The Balaban J connectivity index is 3.26. The van der Waals surface area contributed by atoms with Crippen molar-refractivity contribution in [2.75, 3.05) is 19.5 Å². The molecule has 0 saturated heterocycles. The van der Waals surface area contributed by atoms with Gasteiger partial charge in [-0.25, -0.2) is 0 Å². The van der Waals surface area contributed by atoms with E-state index in [1.54, 1.807) is 19.3 Å². The number of benzene rings is 1. The molecule has 0 aliphatic carbocycles. The van der Waals surface area contributed by atoms with Crippen molar-refractivity contribution in [2.24, 2.45) is 0 Å². The first-order valence-corrected chi connectivity index (χ1v) is 7.80. The molecule has 0 spiro atoms. The first kappa shape index (κ1) is 17.4. The van der Waals surface area contributed by atoms with Crippen LogP contribution < -0.4 is 4.74 Å². The third kappa shape index (κ3) is 4.14. The van der Waals surface area contributed by atoms with Gasteiger partial charge in [0.25, 0.3) is 0 Å². The molecule has 0 bridgehead atoms. The van der Waals surface area contributed by atoms with Crippen LogP contribution in [-0.2, 0) is 14.3 Å². The van der Waals surface area contributed by atoms with Crippen molar-refractivity contribution in [1.82, 2.24) is 0 Å². The van der Waals surface area contributed by atoms with E-state index in [1.807, 2.05) is 31.2 Å². The van der Waals surface area contributed by atoms with Crippen LogP contribution in [0.1, 0.15) is 18.9 Å². The second kappa shape index (κ2) is 8.57. The average molecular weight is 306 g/mol. The number of carbonyl (C=O) groups is 1. The lowest BCUT2D eigenvalue weighted by molar-refractivity contribution is -0.146. The van der Waals surface area contributed by atoms with Crippen molar-refractivity contribution in [1.29, 1.82) is 0 Å². The number of ether oxygens (including phenoxy) is 2. The molecule has 0 saturated carbocycles. The number of carbonyl (C=O) groups excluding carboxylic acids is 1. The number of thioether (sulfide) groups is 1. The predicted molar refractivity (Wildman–Crippen MR) is 88.8 cm³/mol. The third-order valence-corrected chi connectivity index (χ3v) is 4.51. The van der Waals surface area contributed by atoms with E-state index >= 15 is 0 Å². The van der Waals surface area contributed by atoms with E-state index in [2.05, 4.69) is 13.2 Å². The molecule has 0 fully saturated rings. The summed E-state index contributed by atoms with van der Waals surface area (Å²) in [6.07, 6.45) is 4.03. The Morgan fingerprint density at radius 2 is 1.95 bits per heavy atom. The second-order valence-electron chi connectivity index (χ2n) is 4.37. The molecule has 0 aromatic heterocycles. The maximum absolute atomic E-state index is 12.6. The lowest BCUT2D eigenvalue weighted by Gasteiger charge is -2.30. The van der Waals surface area contributed by atoms with Crippen LogP contribution in [0.25, 0.3) is 0 Å². The van der Waals surface area contributed by atoms with E-state index in [0.717, 1.165) is 11.3 Å². The van der Waals surface area contributed by atoms with Crippen molar-refractivity contribution in [3.05, 3.63) is 55.1 Å². The van der Waals surface area contributed by atoms with Gasteiger partial charge in [-0.1, -0.05) is 24.3 Å². The van der Waals surface area contributed by atoms with Gasteiger partial charge in [-0.3, -0.25) is 4.79 Å². The van der Waals surface area contributed by atoms with Gasteiger partial charge in [-0.2, -0.15) is 0 Å². The number of hydrogen-bond donors (Lipinski definition) is 0. The lowest BCUT2D eigenvalue weighted by atomic mass is 9.94. The van der Waals surface area contributed by atoms with Gasteiger partial charge >= 0.3 is 5.97 Å². The zero-order valence-electron chi connectivity index (χ0n) is 12.6. The highest BCUT2D eigenvalue weighted by atomic mass is 32.2. The van der Waals surface area contributed by atoms with Crippen LogP contribution in [0.4, 0.5) is 0 Å². The van der Waals surface area contributed by atoms with E-state index in [-0.39, 0.29) is 5.97 Å². The summed E-state index contributed by atoms with van der Waals surface area (Å²) in [7, 11) is 1.61. The maximum atomic E-state index is 12.6. The van der Waals surface area contributed by atoms with Crippen LogP contribution in [0.3, 0.4) is 0 Å². The monoisotopic (exact) mass is 306 g/mol. The highest BCUT2D eigenvalue weighted by molar-refractivity contribution is 8.01. The van der Waals surface area contributed by atoms with Crippen LogP contribution in [0.2, 0.25) is 0 Å². The molecule has 1 aromatic rings. The molecule has 0 radical (unpaired) electrons. The molecule has 3 nitrogen and oxygen atoms in total. The van der Waals surface area contributed by atoms with Gasteiger partial charge in [0.15, 0.2) is 0 Å². The van der Waals surface area contributed by atoms with Gasteiger partial charge in [0.2, 0.25) is 0 Å². The number of allylic oxidation sites excluding steroid dienone is 1. The van der Waals surface area contributed by atoms with Crippen molar-refractivity contribution in [3.63, 3.8) is 0 Å². The summed E-state index contributed by atoms with van der Waals surface area (Å²) in [4.78, 5) is 12.6. The predicted octanol–water partition coefficient (Wildman–Crippen LogP) is 3.95. The van der Waals surface area contributed by atoms with Crippen LogP contribution >= 0.6 is 11.8 Å². The Labute approximate surface area is 131 Å². The van der Waals surface area contributed by atoms with Gasteiger partial charge in [-0.15, -0.1) is 24.9 Å². The van der Waals surface area contributed by atoms with E-state index in [4.69, 9.17) is 9.47 Å². The molecular formula is C17H22O3S. The molecule has 0 N–H and O–H groups in total. The number of methoxy groups -OCH3 is 1. The minimum absolute atomic E-state index is 0.248. The number of rotatable bonds is 9. The fourth-order valence-electron chi connectivity index (χ4n) is 2.03. The van der Waals surface area contributed by atoms with E-state index in [1.165, 1.54) is 11.8 Å². The molecule has 1 atom stereocenters. The van der Waals surface area contributed by atoms with Crippen LogP contribution in [-0.4, -0.2) is 25.4 Å². The minimum Gasteiger partial charge on any atom is -0.497 e. The molecule has 0 aliphatic heterocycles. The summed E-state index contributed by atoms with van der Waals surface area (Å²) in [5, 5.41) is 0. The van der Waals surface area contributed by atoms with Crippen molar-refractivity contribution in [3.8, 4) is 5.75 Å². The summed E-state index contributed by atoms with van der Waals surface area (Å²) < 4.78 is 9.67. The molecule has 4 heteroatoms. The first-order valence-electron chi connectivity index (χ1n) is 6.82. The van der Waals surface area contributed by atoms with Crippen LogP contribution in [0.15, 0.2) is 49.6 Å². The van der Waals surface area contributed by atoms with Gasteiger partial charge in [-0.05, 0) is 31.0 Å². The molecule has 0 heterocycles. The summed E-state index contributed by atoms with van der Waals surface area (Å²) in [6, 6.07) is 7.49. The normalized spacial score (nSPS) is 13.0. The summed E-state index contributed by atoms with van der Waals surface area (Å²) in [5.74, 6) is 1.16. The molecule has 114 valence electrons. The fourth-order valence-corrected chi connectivity index (χ4v) is 3.15. The Hall–Kier alpha value is -1.68. The van der Waals surface area contributed by atoms with Gasteiger partial charge in [0.1, 0.15) is 10.5 Å². The number of hydrogen-bond acceptors (Lipinski definition) is 4. The Morgan fingerprint density at radius 3 is 2.43 bits per heavy atom. The van der Waals surface area contributed by atoms with Crippen molar-refractivity contribution in [2.45, 2.75) is 18.1 Å². The standard InChI is InChI=1S/C17H22O3S/c1-5-12-17(21-13-6-2,16(18)20-7-3)14-8-10-15(19-4)11-9-14/h5-6,8-11H,1-2,7,12-13H2,3-4H3. The van der Waals surface area contributed by atoms with Gasteiger partial charge in [0, 0.05) is 5.75 Å². The highest BCUT2D eigenvalue weighted by Crippen LogP contribution is 2.42. The summed E-state index contributed by atoms with van der Waals surface area (Å²) in [5.41, 5.74) is 0.883. The van der Waals surface area contributed by atoms with E-state index in [9.17, 15) is 4.79 Å². The SMILES string of the molecule is C=CCSC(CC=C)(C(=O)OCC)c1ccc(OC)cc1. The number of esters is 1. The summed E-state index contributed by atoms with van der Waals surface area (Å²) >= 11 is 1.50. The molecule has 1 rings (SSSR count). The topological polar surface area (TPSA) is 35.5 Å². The van der Waals surface area contributed by atoms with Crippen LogP contribution in [0.5, 0.6) is 5.75 Å². The Morgan fingerprint density at radius 1 is 1.29 bits per heavy atom. The Bertz CT molecular complexity index is 481. The average Bonchev–Trinajstić information content (AvgIpc) is 2.52. The fraction of sp³-hybridized carbons (Fsp3) is 0.353. The molecule has 1 unspecified atom stereocenters. The van der Waals surface area contributed by atoms with Crippen LogP contribution in [0, 0.1) is 0 Å². The van der Waals surface area contributed by atoms with E-state index < -0.39 is 4.75 Å². The quantitative estimate of drug-likeness (QED) is 0.511. The largest absolute Gasteiger partial charge is 0.497 e. The Kier molecular flexibility index (Phi) is 7.09. The minimum atomic E-state index is -0.793. The first-order chi connectivity index (χ1) is 10.1. The van der Waals surface area contributed by atoms with Crippen molar-refractivity contribution < 1.29 is 14.3 Å². The zero-order chi connectivity index (χ0) is 15.7. The smallest absolute Gasteiger partial charge is 0.327 e. The molecular weight excluding hydrogens is 284 g/mol. The van der Waals surface area contributed by atoms with Gasteiger partial charge in [0.05, 0.1) is 13.7 Å². The molecule has 1 aromatic carbocycles. The molecule has 0 aliphatic rings. The highest BCUT2D eigenvalue weighted by Gasteiger charge is 2.41. The van der Waals surface area contributed by atoms with Gasteiger partial charge < -0.3 is 9.47 Å². The second-order valence-corrected chi connectivity index (χ2v) is 5.69. The molecule has 0 amide bonds. The maximum Gasteiger partial charge on any atom is 0.327 e. The molecule has 21 heavy (non-hydrogen) atoms. The third-order valence-electron chi connectivity index (χ3n) is 3.04.